The van der Waals surface area contributed by atoms with Gasteiger partial charge in [-0.05, 0) is 56.0 Å². The molecule has 0 amide bonds. The van der Waals surface area contributed by atoms with Crippen molar-refractivity contribution in [1.29, 1.82) is 0 Å². The van der Waals surface area contributed by atoms with Crippen LogP contribution in [-0.2, 0) is 25.5 Å². The quantitative estimate of drug-likeness (QED) is 0.271. The highest BCUT2D eigenvalue weighted by molar-refractivity contribution is 5.89. The van der Waals surface area contributed by atoms with Gasteiger partial charge in [0.15, 0.2) is 11.5 Å². The van der Waals surface area contributed by atoms with Crippen molar-refractivity contribution in [3.8, 4) is 11.5 Å². The Morgan fingerprint density at radius 2 is 1.42 bits per heavy atom. The summed E-state index contributed by atoms with van der Waals surface area (Å²) < 4.78 is 16.4. The van der Waals surface area contributed by atoms with Crippen LogP contribution in [0.2, 0.25) is 0 Å². The van der Waals surface area contributed by atoms with E-state index in [2.05, 4.69) is 5.32 Å². The first-order valence-corrected chi connectivity index (χ1v) is 12.8. The van der Waals surface area contributed by atoms with Gasteiger partial charge in [-0.1, -0.05) is 52.0 Å². The van der Waals surface area contributed by atoms with Gasteiger partial charge in [-0.15, -0.1) is 0 Å². The highest BCUT2D eigenvalue weighted by Gasteiger charge is 2.23. The largest absolute Gasteiger partial charge is 0.480 e. The van der Waals surface area contributed by atoms with Crippen molar-refractivity contribution in [3.05, 3.63) is 59.7 Å². The second-order valence-corrected chi connectivity index (χ2v) is 9.33. The van der Waals surface area contributed by atoms with Crippen LogP contribution in [0.3, 0.4) is 0 Å². The number of carboxylic acids is 1. The lowest BCUT2D eigenvalue weighted by Crippen LogP contribution is -2.42. The second kappa shape index (κ2) is 14.9. The first kappa shape index (κ1) is 30.5. The van der Waals surface area contributed by atoms with E-state index in [1.54, 1.807) is 57.2 Å². The predicted octanol–water partition coefficient (Wildman–Crippen LogP) is 4.42. The number of rotatable bonds is 14. The minimum atomic E-state index is -1.10. The van der Waals surface area contributed by atoms with E-state index in [1.807, 2.05) is 13.8 Å². The number of esters is 3. The predicted molar refractivity (Wildman–Crippen MR) is 141 cm³/mol. The molecule has 0 saturated heterocycles. The Morgan fingerprint density at radius 1 is 0.842 bits per heavy atom. The van der Waals surface area contributed by atoms with E-state index in [0.717, 1.165) is 0 Å². The number of hydrogen-bond acceptors (Lipinski definition) is 8. The van der Waals surface area contributed by atoms with E-state index >= 15 is 0 Å². The lowest BCUT2D eigenvalue weighted by molar-refractivity contribution is -0.141. The van der Waals surface area contributed by atoms with E-state index in [1.165, 1.54) is 12.1 Å². The highest BCUT2D eigenvalue weighted by atomic mass is 16.6. The van der Waals surface area contributed by atoms with Crippen LogP contribution >= 0.6 is 0 Å². The smallest absolute Gasteiger partial charge is 0.338 e. The lowest BCUT2D eigenvalue weighted by Gasteiger charge is -2.20. The van der Waals surface area contributed by atoms with Crippen LogP contribution in [0, 0.1) is 11.8 Å². The Bertz CT molecular complexity index is 1100. The summed E-state index contributed by atoms with van der Waals surface area (Å²) in [6.45, 7) is 8.96. The molecule has 3 unspecified atom stereocenters. The maximum absolute atomic E-state index is 12.5. The van der Waals surface area contributed by atoms with Crippen LogP contribution in [0.15, 0.2) is 48.5 Å². The van der Waals surface area contributed by atoms with Gasteiger partial charge in [-0.25, -0.2) is 4.79 Å². The van der Waals surface area contributed by atoms with Crippen LogP contribution in [0.25, 0.3) is 0 Å². The maximum atomic E-state index is 12.5. The van der Waals surface area contributed by atoms with Gasteiger partial charge in [0.1, 0.15) is 12.1 Å². The Labute approximate surface area is 223 Å². The molecule has 9 heteroatoms. The summed E-state index contributed by atoms with van der Waals surface area (Å²) in [5.41, 5.74) is 0.955. The maximum Gasteiger partial charge on any atom is 0.338 e. The van der Waals surface area contributed by atoms with Gasteiger partial charge in [0, 0.05) is 6.54 Å². The normalized spacial score (nSPS) is 14.0. The summed E-state index contributed by atoms with van der Waals surface area (Å²) in [6, 6.07) is 12.1. The molecule has 9 nitrogen and oxygen atoms in total. The van der Waals surface area contributed by atoms with E-state index in [4.69, 9.17) is 14.2 Å². The Hall–Kier alpha value is -3.72. The Morgan fingerprint density at radius 3 is 1.97 bits per heavy atom. The zero-order valence-corrected chi connectivity index (χ0v) is 22.6. The lowest BCUT2D eigenvalue weighted by atomic mass is 10.0. The van der Waals surface area contributed by atoms with Gasteiger partial charge in [-0.3, -0.25) is 14.4 Å². The summed E-state index contributed by atoms with van der Waals surface area (Å²) in [5, 5.41) is 12.7. The number of carbonyl (C=O) groups is 4. The van der Waals surface area contributed by atoms with Crippen LogP contribution < -0.4 is 14.8 Å². The number of nitrogens with one attached hydrogen (secondary N) is 1. The van der Waals surface area contributed by atoms with Crippen molar-refractivity contribution in [2.45, 2.75) is 66.0 Å². The van der Waals surface area contributed by atoms with E-state index in [0.29, 0.717) is 24.0 Å². The molecule has 206 valence electrons. The number of carboxylic acid groups (broad SMARTS) is 1. The standard InChI is InChI=1S/C29H37NO8/c1-6-18(3)27(33)37-24-14-13-21(16-25(24)38-28(34)19(4)7-2)15-23(26(31)32)30-17-20(5)36-29(35)22-11-9-8-10-12-22/h8-14,16,18-20,23,30H,6-7,15,17H2,1-5H3,(H,31,32)/t18?,19?,20?,23-/m0/s1. The molecule has 38 heavy (non-hydrogen) atoms. The summed E-state index contributed by atoms with van der Waals surface area (Å²) in [7, 11) is 0. The van der Waals surface area contributed by atoms with Crippen molar-refractivity contribution in [2.75, 3.05) is 6.54 Å². The topological polar surface area (TPSA) is 128 Å². The highest BCUT2D eigenvalue weighted by Crippen LogP contribution is 2.31. The van der Waals surface area contributed by atoms with Gasteiger partial charge >= 0.3 is 23.9 Å². The molecule has 0 aliphatic rings. The molecule has 2 rings (SSSR count). The monoisotopic (exact) mass is 527 g/mol. The van der Waals surface area contributed by atoms with Crippen molar-refractivity contribution in [2.24, 2.45) is 11.8 Å². The summed E-state index contributed by atoms with van der Waals surface area (Å²) >= 11 is 0. The third-order valence-electron chi connectivity index (χ3n) is 6.17. The SMILES string of the molecule is CCC(C)C(=O)Oc1ccc(C[C@H](NCC(C)OC(=O)c2ccccc2)C(=O)O)cc1OC(=O)C(C)CC. The van der Waals surface area contributed by atoms with Crippen LogP contribution in [0.4, 0.5) is 0 Å². The molecule has 0 spiro atoms. The fourth-order valence-corrected chi connectivity index (χ4v) is 3.25. The number of hydrogen-bond donors (Lipinski definition) is 2. The molecule has 0 aliphatic heterocycles. The van der Waals surface area contributed by atoms with Crippen molar-refractivity contribution in [3.63, 3.8) is 0 Å². The fraction of sp³-hybridized carbons (Fsp3) is 0.448. The van der Waals surface area contributed by atoms with Gasteiger partial charge < -0.3 is 24.6 Å². The molecule has 4 atom stereocenters. The molecule has 0 fully saturated rings. The average Bonchev–Trinajstić information content (AvgIpc) is 2.91. The van der Waals surface area contributed by atoms with Crippen molar-refractivity contribution >= 4 is 23.9 Å². The van der Waals surface area contributed by atoms with E-state index in [-0.39, 0.29) is 36.3 Å². The zero-order chi connectivity index (χ0) is 28.2. The third-order valence-corrected chi connectivity index (χ3v) is 6.17. The van der Waals surface area contributed by atoms with E-state index < -0.39 is 36.0 Å². The third kappa shape index (κ3) is 9.30. The minimum Gasteiger partial charge on any atom is -0.480 e. The molecule has 2 aromatic rings. The summed E-state index contributed by atoms with van der Waals surface area (Å²) in [5.74, 6) is -3.09. The van der Waals surface area contributed by atoms with Crippen LogP contribution in [0.5, 0.6) is 11.5 Å². The molecular weight excluding hydrogens is 490 g/mol. The number of benzene rings is 2. The van der Waals surface area contributed by atoms with Gasteiger partial charge in [-0.2, -0.15) is 0 Å². The number of carbonyl (C=O) groups excluding carboxylic acids is 3. The zero-order valence-electron chi connectivity index (χ0n) is 22.6. The molecule has 0 radical (unpaired) electrons. The van der Waals surface area contributed by atoms with Gasteiger partial charge in [0.05, 0.1) is 17.4 Å². The first-order chi connectivity index (χ1) is 18.0. The second-order valence-electron chi connectivity index (χ2n) is 9.33. The first-order valence-electron chi connectivity index (χ1n) is 12.8. The van der Waals surface area contributed by atoms with Gasteiger partial charge in [0.25, 0.3) is 0 Å². The fourth-order valence-electron chi connectivity index (χ4n) is 3.25. The Balaban J connectivity index is 2.14. The number of aliphatic carboxylic acids is 1. The molecule has 0 heterocycles. The van der Waals surface area contributed by atoms with Crippen LogP contribution in [0.1, 0.15) is 63.4 Å². The van der Waals surface area contributed by atoms with Crippen LogP contribution in [-0.4, -0.2) is 47.7 Å². The van der Waals surface area contributed by atoms with E-state index in [9.17, 15) is 24.3 Å². The van der Waals surface area contributed by atoms with Crippen molar-refractivity contribution < 1.29 is 38.5 Å². The molecule has 0 saturated carbocycles. The molecular formula is C29H37NO8. The molecule has 0 aromatic heterocycles. The van der Waals surface area contributed by atoms with Gasteiger partial charge in [0.2, 0.25) is 0 Å². The molecule has 2 aromatic carbocycles. The molecule has 0 aliphatic carbocycles. The summed E-state index contributed by atoms with van der Waals surface area (Å²) in [4.78, 5) is 49.0. The van der Waals surface area contributed by atoms with Crippen molar-refractivity contribution in [1.82, 2.24) is 5.32 Å². The average molecular weight is 528 g/mol. The number of ether oxygens (including phenoxy) is 3. The molecule has 0 bridgehead atoms. The molecule has 2 N–H and O–H groups in total. The minimum absolute atomic E-state index is 0.0438. The Kier molecular flexibility index (Phi) is 11.9. The summed E-state index contributed by atoms with van der Waals surface area (Å²) in [6.07, 6.45) is 0.615.